The van der Waals surface area contributed by atoms with Crippen molar-refractivity contribution < 1.29 is 0 Å². The van der Waals surface area contributed by atoms with Crippen molar-refractivity contribution in [2.75, 3.05) is 6.54 Å². The Morgan fingerprint density at radius 2 is 1.76 bits per heavy atom. The minimum absolute atomic E-state index is 0.775. The van der Waals surface area contributed by atoms with E-state index in [0.717, 1.165) is 74.7 Å². The minimum Gasteiger partial charge on any atom is -0.352 e. The van der Waals surface area contributed by atoms with E-state index in [0.29, 0.717) is 0 Å². The van der Waals surface area contributed by atoms with Gasteiger partial charge in [0.1, 0.15) is 11.2 Å². The molecule has 6 heterocycles. The number of aromatic amines is 2. The highest BCUT2D eigenvalue weighted by Crippen LogP contribution is 2.33. The highest BCUT2D eigenvalue weighted by atomic mass is 15.1. The second kappa shape index (κ2) is 9.79. The molecule has 7 rings (SSSR count). The molecule has 0 aromatic carbocycles. The predicted octanol–water partition coefficient (Wildman–Crippen LogP) is 5.91. The largest absolute Gasteiger partial charge is 0.352 e. The molecule has 0 spiro atoms. The SMILES string of the molecule is c1cncc(-c2cncc3[nH]c(-c4n[nH]c5ccc(-c6cncc(CNCC7CCCC7)c6)nc45)cc23)c1. The number of hydrogen-bond acceptors (Lipinski definition) is 6. The van der Waals surface area contributed by atoms with Crippen LogP contribution in [0.4, 0.5) is 0 Å². The van der Waals surface area contributed by atoms with Gasteiger partial charge in [-0.05, 0) is 61.2 Å². The molecule has 1 saturated carbocycles. The Morgan fingerprint density at radius 1 is 0.868 bits per heavy atom. The van der Waals surface area contributed by atoms with Gasteiger partial charge in [0.2, 0.25) is 0 Å². The van der Waals surface area contributed by atoms with Gasteiger partial charge in [-0.3, -0.25) is 20.1 Å². The lowest BCUT2D eigenvalue weighted by molar-refractivity contribution is 0.489. The fourth-order valence-electron chi connectivity index (χ4n) is 5.54. The molecule has 0 saturated heterocycles. The van der Waals surface area contributed by atoms with Crippen LogP contribution in [-0.2, 0) is 6.54 Å². The third-order valence-corrected chi connectivity index (χ3v) is 7.51. The number of rotatable bonds is 7. The van der Waals surface area contributed by atoms with Crippen molar-refractivity contribution in [1.29, 1.82) is 0 Å². The van der Waals surface area contributed by atoms with Crippen molar-refractivity contribution in [3.8, 4) is 33.8 Å². The zero-order valence-electron chi connectivity index (χ0n) is 21.0. The van der Waals surface area contributed by atoms with Gasteiger partial charge in [-0.25, -0.2) is 4.98 Å². The summed E-state index contributed by atoms with van der Waals surface area (Å²) in [7, 11) is 0. The predicted molar refractivity (Wildman–Crippen MR) is 149 cm³/mol. The van der Waals surface area contributed by atoms with Gasteiger partial charge in [0, 0.05) is 59.6 Å². The second-order valence-electron chi connectivity index (χ2n) is 10.1. The van der Waals surface area contributed by atoms with E-state index in [-0.39, 0.29) is 0 Å². The Hall–Kier alpha value is -4.43. The molecule has 8 heteroatoms. The summed E-state index contributed by atoms with van der Waals surface area (Å²) in [5.74, 6) is 0.815. The molecular weight excluding hydrogens is 472 g/mol. The molecule has 1 aliphatic rings. The van der Waals surface area contributed by atoms with Crippen LogP contribution in [0.2, 0.25) is 0 Å². The first kappa shape index (κ1) is 22.7. The molecule has 1 fully saturated rings. The lowest BCUT2D eigenvalue weighted by Crippen LogP contribution is -2.20. The van der Waals surface area contributed by atoms with Gasteiger partial charge < -0.3 is 10.3 Å². The quantitative estimate of drug-likeness (QED) is 0.252. The summed E-state index contributed by atoms with van der Waals surface area (Å²) in [6.07, 6.45) is 16.6. The topological polar surface area (TPSA) is 108 Å². The van der Waals surface area contributed by atoms with Gasteiger partial charge in [-0.1, -0.05) is 18.9 Å². The molecule has 0 aliphatic heterocycles. The van der Waals surface area contributed by atoms with Crippen LogP contribution < -0.4 is 5.32 Å². The third kappa shape index (κ3) is 4.33. The van der Waals surface area contributed by atoms with E-state index in [1.165, 1.54) is 31.2 Å². The molecule has 6 aromatic rings. The van der Waals surface area contributed by atoms with E-state index in [9.17, 15) is 0 Å². The maximum atomic E-state index is 5.02. The zero-order valence-corrected chi connectivity index (χ0v) is 21.0. The molecule has 0 amide bonds. The second-order valence-corrected chi connectivity index (χ2v) is 10.1. The van der Waals surface area contributed by atoms with E-state index in [1.54, 1.807) is 6.20 Å². The van der Waals surface area contributed by atoms with E-state index in [2.05, 4.69) is 47.6 Å². The molecule has 6 aromatic heterocycles. The summed E-state index contributed by atoms with van der Waals surface area (Å²) in [6.45, 7) is 1.90. The number of nitrogens with zero attached hydrogens (tertiary/aromatic N) is 5. The average molecular weight is 501 g/mol. The molecule has 0 atom stereocenters. The Labute approximate surface area is 220 Å². The number of H-pyrrole nitrogens is 2. The third-order valence-electron chi connectivity index (χ3n) is 7.51. The summed E-state index contributed by atoms with van der Waals surface area (Å²) in [5.41, 5.74) is 9.39. The zero-order chi connectivity index (χ0) is 25.3. The Morgan fingerprint density at radius 3 is 2.66 bits per heavy atom. The molecule has 188 valence electrons. The van der Waals surface area contributed by atoms with E-state index < -0.39 is 0 Å². The molecule has 1 aliphatic carbocycles. The molecule has 0 radical (unpaired) electrons. The van der Waals surface area contributed by atoms with Gasteiger partial charge in [0.15, 0.2) is 0 Å². The van der Waals surface area contributed by atoms with E-state index >= 15 is 0 Å². The maximum Gasteiger partial charge on any atom is 0.135 e. The summed E-state index contributed by atoms with van der Waals surface area (Å²) < 4.78 is 0. The maximum absolute atomic E-state index is 5.02. The number of pyridine rings is 4. The van der Waals surface area contributed by atoms with Crippen LogP contribution in [0, 0.1) is 5.92 Å². The van der Waals surface area contributed by atoms with Crippen LogP contribution in [0.3, 0.4) is 0 Å². The molecule has 0 unspecified atom stereocenters. The summed E-state index contributed by atoms with van der Waals surface area (Å²) in [4.78, 5) is 21.7. The van der Waals surface area contributed by atoms with Crippen molar-refractivity contribution in [1.82, 2.24) is 40.4 Å². The van der Waals surface area contributed by atoms with Gasteiger partial charge in [-0.15, -0.1) is 0 Å². The molecule has 38 heavy (non-hydrogen) atoms. The molecule has 8 nitrogen and oxygen atoms in total. The average Bonchev–Trinajstić information content (AvgIpc) is 3.73. The molecular formula is C30H28N8. The first-order chi connectivity index (χ1) is 18.8. The number of nitrogens with one attached hydrogen (secondary N) is 3. The summed E-state index contributed by atoms with van der Waals surface area (Å²) in [5, 5.41) is 12.4. The van der Waals surface area contributed by atoms with E-state index in [1.807, 2.05) is 55.2 Å². The van der Waals surface area contributed by atoms with Crippen molar-refractivity contribution in [2.24, 2.45) is 5.92 Å². The van der Waals surface area contributed by atoms with Crippen LogP contribution in [-0.4, -0.2) is 41.7 Å². The van der Waals surface area contributed by atoms with Crippen LogP contribution >= 0.6 is 0 Å². The Kier molecular flexibility index (Phi) is 5.86. The summed E-state index contributed by atoms with van der Waals surface area (Å²) in [6, 6.07) is 12.3. The normalized spacial score (nSPS) is 14.1. The van der Waals surface area contributed by atoms with Crippen LogP contribution in [0.15, 0.2) is 73.6 Å². The van der Waals surface area contributed by atoms with Gasteiger partial charge >= 0.3 is 0 Å². The van der Waals surface area contributed by atoms with Crippen LogP contribution in [0.5, 0.6) is 0 Å². The van der Waals surface area contributed by atoms with E-state index in [4.69, 9.17) is 4.98 Å². The van der Waals surface area contributed by atoms with Crippen LogP contribution in [0.25, 0.3) is 55.7 Å². The monoisotopic (exact) mass is 500 g/mol. The highest BCUT2D eigenvalue weighted by molar-refractivity contribution is 5.99. The Balaban J connectivity index is 1.20. The standard InChI is InChI=1S/C30H28N8/c1-2-5-19(4-1)12-32-13-20-10-22(16-33-14-20)25-7-8-26-29(36-25)30(38-37-26)27-11-23-24(17-34-18-28(23)35-27)21-6-3-9-31-15-21/h3,6-11,14-19,32,35H,1-2,4-5,12-13H2,(H,37,38). The molecule has 3 N–H and O–H groups in total. The van der Waals surface area contributed by atoms with Crippen molar-refractivity contribution >= 4 is 21.9 Å². The minimum atomic E-state index is 0.775. The van der Waals surface area contributed by atoms with Crippen molar-refractivity contribution in [3.63, 3.8) is 0 Å². The Bertz CT molecular complexity index is 1710. The van der Waals surface area contributed by atoms with Crippen molar-refractivity contribution in [2.45, 2.75) is 32.2 Å². The number of fused-ring (bicyclic) bond motifs is 2. The number of aromatic nitrogens is 7. The first-order valence-electron chi connectivity index (χ1n) is 13.2. The number of hydrogen-bond donors (Lipinski definition) is 3. The van der Waals surface area contributed by atoms with Gasteiger partial charge in [0.25, 0.3) is 0 Å². The van der Waals surface area contributed by atoms with Gasteiger partial charge in [0.05, 0.1) is 28.6 Å². The smallest absolute Gasteiger partial charge is 0.135 e. The molecule has 0 bridgehead atoms. The van der Waals surface area contributed by atoms with Crippen LogP contribution in [0.1, 0.15) is 31.2 Å². The van der Waals surface area contributed by atoms with Crippen molar-refractivity contribution in [3.05, 3.63) is 79.1 Å². The lowest BCUT2D eigenvalue weighted by Gasteiger charge is -2.11. The highest BCUT2D eigenvalue weighted by Gasteiger charge is 2.17. The first-order valence-corrected chi connectivity index (χ1v) is 13.2. The fraction of sp³-hybridized carbons (Fsp3) is 0.233. The summed E-state index contributed by atoms with van der Waals surface area (Å²) >= 11 is 0. The fourth-order valence-corrected chi connectivity index (χ4v) is 5.54. The lowest BCUT2D eigenvalue weighted by atomic mass is 10.1. The van der Waals surface area contributed by atoms with Gasteiger partial charge in [-0.2, -0.15) is 5.10 Å².